The number of para-hydroxylation sites is 1. The van der Waals surface area contributed by atoms with Gasteiger partial charge in [-0.1, -0.05) is 12.1 Å². The summed E-state index contributed by atoms with van der Waals surface area (Å²) in [4.78, 5) is 25.4. The SMILES string of the molecule is CN(C)S(=O)(=O)N1CCC[C@@H](C(=O)Nc2ccccc2C(=O)NCc2ccco2)C1. The molecule has 3 rings (SSSR count). The number of carbonyl (C=O) groups is 2. The number of rotatable bonds is 7. The van der Waals surface area contributed by atoms with Gasteiger partial charge in [-0.3, -0.25) is 9.59 Å². The number of furan rings is 1. The number of hydrogen-bond acceptors (Lipinski definition) is 5. The average molecular weight is 435 g/mol. The summed E-state index contributed by atoms with van der Waals surface area (Å²) in [6, 6.07) is 10.2. The van der Waals surface area contributed by atoms with Crippen molar-refractivity contribution in [3.63, 3.8) is 0 Å². The Morgan fingerprint density at radius 2 is 1.97 bits per heavy atom. The molecule has 1 fully saturated rings. The highest BCUT2D eigenvalue weighted by molar-refractivity contribution is 7.86. The topological polar surface area (TPSA) is 112 Å². The molecule has 2 amide bonds. The van der Waals surface area contributed by atoms with Crippen LogP contribution in [0, 0.1) is 5.92 Å². The monoisotopic (exact) mass is 434 g/mol. The van der Waals surface area contributed by atoms with E-state index in [1.54, 1.807) is 36.4 Å². The van der Waals surface area contributed by atoms with Crippen molar-refractivity contribution in [2.75, 3.05) is 32.5 Å². The first kappa shape index (κ1) is 22.0. The first-order valence-electron chi connectivity index (χ1n) is 9.67. The van der Waals surface area contributed by atoms with E-state index in [1.165, 1.54) is 24.7 Å². The molecule has 2 N–H and O–H groups in total. The number of anilines is 1. The third kappa shape index (κ3) is 5.07. The van der Waals surface area contributed by atoms with Crippen LogP contribution in [0.25, 0.3) is 0 Å². The highest BCUT2D eigenvalue weighted by Gasteiger charge is 2.33. The van der Waals surface area contributed by atoms with Crippen molar-refractivity contribution < 1.29 is 22.4 Å². The molecular weight excluding hydrogens is 408 g/mol. The molecule has 0 saturated carbocycles. The van der Waals surface area contributed by atoms with Gasteiger partial charge in [-0.05, 0) is 37.1 Å². The number of nitrogens with zero attached hydrogens (tertiary/aromatic N) is 2. The van der Waals surface area contributed by atoms with Crippen molar-refractivity contribution in [3.05, 3.63) is 54.0 Å². The van der Waals surface area contributed by atoms with E-state index in [0.29, 0.717) is 36.4 Å². The molecule has 0 spiro atoms. The Morgan fingerprint density at radius 1 is 1.20 bits per heavy atom. The predicted molar refractivity (Wildman–Crippen MR) is 112 cm³/mol. The Morgan fingerprint density at radius 3 is 2.67 bits per heavy atom. The lowest BCUT2D eigenvalue weighted by Crippen LogP contribution is -2.47. The molecule has 1 saturated heterocycles. The number of hydrogen-bond donors (Lipinski definition) is 2. The molecule has 162 valence electrons. The minimum Gasteiger partial charge on any atom is -0.467 e. The molecule has 1 aliphatic heterocycles. The van der Waals surface area contributed by atoms with E-state index in [1.807, 2.05) is 0 Å². The summed E-state index contributed by atoms with van der Waals surface area (Å²) in [5, 5.41) is 5.55. The molecule has 0 aliphatic carbocycles. The van der Waals surface area contributed by atoms with Crippen LogP contribution in [-0.4, -0.2) is 56.0 Å². The maximum absolute atomic E-state index is 12.8. The molecular formula is C20H26N4O5S. The first-order valence-corrected chi connectivity index (χ1v) is 11.1. The second kappa shape index (κ2) is 9.41. The second-order valence-electron chi connectivity index (χ2n) is 7.28. The van der Waals surface area contributed by atoms with Crippen molar-refractivity contribution in [1.29, 1.82) is 0 Å². The van der Waals surface area contributed by atoms with Crippen LogP contribution >= 0.6 is 0 Å². The second-order valence-corrected chi connectivity index (χ2v) is 9.43. The van der Waals surface area contributed by atoms with Gasteiger partial charge in [0.2, 0.25) is 5.91 Å². The fourth-order valence-electron chi connectivity index (χ4n) is 3.30. The number of piperidine rings is 1. The summed E-state index contributed by atoms with van der Waals surface area (Å²) in [5.41, 5.74) is 0.706. The van der Waals surface area contributed by atoms with E-state index >= 15 is 0 Å². The maximum atomic E-state index is 12.8. The first-order chi connectivity index (χ1) is 14.3. The van der Waals surface area contributed by atoms with Gasteiger partial charge < -0.3 is 15.1 Å². The fraction of sp³-hybridized carbons (Fsp3) is 0.400. The van der Waals surface area contributed by atoms with Gasteiger partial charge in [-0.2, -0.15) is 17.0 Å². The lowest BCUT2D eigenvalue weighted by molar-refractivity contribution is -0.120. The van der Waals surface area contributed by atoms with Crippen molar-refractivity contribution in [2.24, 2.45) is 5.92 Å². The highest BCUT2D eigenvalue weighted by atomic mass is 32.2. The predicted octanol–water partition coefficient (Wildman–Crippen LogP) is 1.67. The minimum absolute atomic E-state index is 0.110. The van der Waals surface area contributed by atoms with Gasteiger partial charge in [0, 0.05) is 27.2 Å². The van der Waals surface area contributed by atoms with Gasteiger partial charge in [0.1, 0.15) is 5.76 Å². The zero-order valence-electron chi connectivity index (χ0n) is 17.0. The number of benzene rings is 1. The molecule has 9 nitrogen and oxygen atoms in total. The smallest absolute Gasteiger partial charge is 0.281 e. The molecule has 0 radical (unpaired) electrons. The van der Waals surface area contributed by atoms with Crippen LogP contribution in [0.1, 0.15) is 29.0 Å². The van der Waals surface area contributed by atoms with E-state index < -0.39 is 16.1 Å². The summed E-state index contributed by atoms with van der Waals surface area (Å²) in [7, 11) is -0.638. The molecule has 1 aromatic carbocycles. The van der Waals surface area contributed by atoms with E-state index in [0.717, 1.165) is 4.31 Å². The maximum Gasteiger partial charge on any atom is 0.281 e. The summed E-state index contributed by atoms with van der Waals surface area (Å²) in [6.07, 6.45) is 2.70. The normalized spacial score (nSPS) is 17.6. The summed E-state index contributed by atoms with van der Waals surface area (Å²) < 4.78 is 32.4. The van der Waals surface area contributed by atoms with Crippen LogP contribution in [0.15, 0.2) is 47.1 Å². The van der Waals surface area contributed by atoms with Crippen molar-refractivity contribution in [3.8, 4) is 0 Å². The number of carbonyl (C=O) groups excluding carboxylic acids is 2. The molecule has 10 heteroatoms. The summed E-state index contributed by atoms with van der Waals surface area (Å²) in [5.74, 6) is -0.523. The zero-order chi connectivity index (χ0) is 21.7. The zero-order valence-corrected chi connectivity index (χ0v) is 17.8. The molecule has 0 bridgehead atoms. The van der Waals surface area contributed by atoms with Crippen LogP contribution in [0.3, 0.4) is 0 Å². The van der Waals surface area contributed by atoms with Crippen molar-refractivity contribution >= 4 is 27.7 Å². The molecule has 1 atom stereocenters. The van der Waals surface area contributed by atoms with Crippen LogP contribution in [0.4, 0.5) is 5.69 Å². The van der Waals surface area contributed by atoms with E-state index in [4.69, 9.17) is 4.42 Å². The summed E-state index contributed by atoms with van der Waals surface area (Å²) in [6.45, 7) is 0.726. The van der Waals surface area contributed by atoms with Crippen LogP contribution in [0.2, 0.25) is 0 Å². The average Bonchev–Trinajstić information content (AvgIpc) is 3.26. The van der Waals surface area contributed by atoms with E-state index in [2.05, 4.69) is 10.6 Å². The quantitative estimate of drug-likeness (QED) is 0.688. The fourth-order valence-corrected chi connectivity index (χ4v) is 4.49. The molecule has 30 heavy (non-hydrogen) atoms. The third-order valence-corrected chi connectivity index (χ3v) is 6.88. The Labute approximate surface area is 176 Å². The Bertz CT molecular complexity index is 988. The van der Waals surface area contributed by atoms with Gasteiger partial charge in [-0.15, -0.1) is 0 Å². The van der Waals surface area contributed by atoms with Gasteiger partial charge in [0.25, 0.3) is 16.1 Å². The third-order valence-electron chi connectivity index (χ3n) is 4.98. The number of amides is 2. The Hall–Kier alpha value is -2.69. The van der Waals surface area contributed by atoms with Crippen LogP contribution in [-0.2, 0) is 21.5 Å². The lowest BCUT2D eigenvalue weighted by atomic mass is 9.98. The highest BCUT2D eigenvalue weighted by Crippen LogP contribution is 2.23. The number of nitrogens with one attached hydrogen (secondary N) is 2. The van der Waals surface area contributed by atoms with Crippen LogP contribution in [0.5, 0.6) is 0 Å². The van der Waals surface area contributed by atoms with Crippen molar-refractivity contribution in [2.45, 2.75) is 19.4 Å². The molecule has 1 aliphatic rings. The van der Waals surface area contributed by atoms with Crippen molar-refractivity contribution in [1.82, 2.24) is 13.9 Å². The molecule has 2 aromatic rings. The van der Waals surface area contributed by atoms with E-state index in [-0.39, 0.29) is 24.9 Å². The van der Waals surface area contributed by atoms with Crippen LogP contribution < -0.4 is 10.6 Å². The lowest BCUT2D eigenvalue weighted by Gasteiger charge is -2.32. The molecule has 0 unspecified atom stereocenters. The van der Waals surface area contributed by atoms with Gasteiger partial charge >= 0.3 is 0 Å². The Balaban J connectivity index is 1.67. The molecule has 1 aromatic heterocycles. The van der Waals surface area contributed by atoms with Gasteiger partial charge in [-0.25, -0.2) is 0 Å². The largest absolute Gasteiger partial charge is 0.467 e. The Kier molecular flexibility index (Phi) is 6.91. The standard InChI is InChI=1S/C20H26N4O5S/c1-23(2)30(27,28)24-11-5-7-15(14-24)19(25)22-18-10-4-3-9-17(18)20(26)21-13-16-8-6-12-29-16/h3-4,6,8-10,12,15H,5,7,11,13-14H2,1-2H3,(H,21,26)(H,22,25)/t15-/m1/s1. The molecule has 2 heterocycles. The van der Waals surface area contributed by atoms with E-state index in [9.17, 15) is 18.0 Å². The summed E-state index contributed by atoms with van der Waals surface area (Å²) >= 11 is 0. The van der Waals surface area contributed by atoms with Gasteiger partial charge in [0.05, 0.1) is 30.0 Å². The van der Waals surface area contributed by atoms with Gasteiger partial charge in [0.15, 0.2) is 0 Å². The minimum atomic E-state index is -3.58.